The van der Waals surface area contributed by atoms with Gasteiger partial charge in [0.2, 0.25) is 0 Å². The number of carbonyl (C=O) groups is 1. The van der Waals surface area contributed by atoms with Crippen LogP contribution in [0.5, 0.6) is 0 Å². The highest BCUT2D eigenvalue weighted by atomic mass is 16.2. The summed E-state index contributed by atoms with van der Waals surface area (Å²) in [7, 11) is 1.93. The molecule has 0 unspecified atom stereocenters. The fourth-order valence-electron chi connectivity index (χ4n) is 2.92. The zero-order valence-electron chi connectivity index (χ0n) is 13.4. The summed E-state index contributed by atoms with van der Waals surface area (Å²) in [6, 6.07) is 13.8. The van der Waals surface area contributed by atoms with Gasteiger partial charge in [-0.05, 0) is 37.1 Å². The van der Waals surface area contributed by atoms with E-state index < -0.39 is 0 Å². The highest BCUT2D eigenvalue weighted by Crippen LogP contribution is 2.20. The lowest BCUT2D eigenvalue weighted by Crippen LogP contribution is -2.36. The number of anilines is 2. The molecule has 120 valence electrons. The lowest BCUT2D eigenvalue weighted by Gasteiger charge is -2.22. The fourth-order valence-corrected chi connectivity index (χ4v) is 2.92. The summed E-state index contributed by atoms with van der Waals surface area (Å²) in [6.07, 6.45) is 5.78. The molecule has 3 rings (SSSR count). The highest BCUT2D eigenvalue weighted by Gasteiger charge is 2.18. The summed E-state index contributed by atoms with van der Waals surface area (Å²) in [5, 5.41) is 11.3. The quantitative estimate of drug-likeness (QED) is 0.941. The number of carbonyl (C=O) groups excluding carboxylic acids is 1. The van der Waals surface area contributed by atoms with Gasteiger partial charge in [0.15, 0.2) is 11.5 Å². The number of rotatable bonds is 4. The molecular formula is C18H22N4O. The van der Waals surface area contributed by atoms with Crippen LogP contribution in [0, 0.1) is 0 Å². The molecule has 1 aliphatic rings. The van der Waals surface area contributed by atoms with Crippen molar-refractivity contribution in [1.29, 1.82) is 0 Å². The van der Waals surface area contributed by atoms with E-state index in [4.69, 9.17) is 0 Å². The van der Waals surface area contributed by atoms with E-state index in [1.807, 2.05) is 48.3 Å². The molecule has 0 spiro atoms. The average Bonchev–Trinajstić information content (AvgIpc) is 2.63. The van der Waals surface area contributed by atoms with Crippen LogP contribution in [0.4, 0.5) is 11.5 Å². The zero-order chi connectivity index (χ0) is 16.1. The van der Waals surface area contributed by atoms with Crippen molar-refractivity contribution in [2.75, 3.05) is 11.9 Å². The van der Waals surface area contributed by atoms with E-state index >= 15 is 0 Å². The monoisotopic (exact) mass is 310 g/mol. The summed E-state index contributed by atoms with van der Waals surface area (Å²) in [5.74, 6) is 0.587. The van der Waals surface area contributed by atoms with Crippen molar-refractivity contribution in [3.8, 4) is 0 Å². The molecule has 1 fully saturated rings. The Bertz CT molecular complexity index is 636. The molecule has 1 aromatic heterocycles. The van der Waals surface area contributed by atoms with Crippen LogP contribution in [0.15, 0.2) is 42.5 Å². The number of para-hydroxylation sites is 1. The van der Waals surface area contributed by atoms with E-state index in [0.29, 0.717) is 11.5 Å². The molecule has 1 saturated carbocycles. The molecule has 0 radical (unpaired) electrons. The van der Waals surface area contributed by atoms with Gasteiger partial charge >= 0.3 is 0 Å². The van der Waals surface area contributed by atoms with Crippen LogP contribution in [-0.4, -0.2) is 29.2 Å². The number of benzene rings is 1. The van der Waals surface area contributed by atoms with Gasteiger partial charge in [-0.25, -0.2) is 0 Å². The van der Waals surface area contributed by atoms with E-state index in [2.05, 4.69) is 15.5 Å². The second kappa shape index (κ2) is 7.22. The first-order valence-corrected chi connectivity index (χ1v) is 8.17. The third-order valence-electron chi connectivity index (χ3n) is 4.31. The Morgan fingerprint density at radius 3 is 2.43 bits per heavy atom. The molecule has 2 aromatic rings. The van der Waals surface area contributed by atoms with Gasteiger partial charge in [-0.2, -0.15) is 0 Å². The molecule has 0 saturated heterocycles. The smallest absolute Gasteiger partial charge is 0.272 e. The molecule has 1 N–H and O–H groups in total. The maximum atomic E-state index is 12.2. The standard InChI is InChI=1S/C18H22N4O/c1-22(15-10-6-3-7-11-15)17-13-12-16(20-21-17)18(23)19-14-8-4-2-5-9-14/h3,6-7,10-14H,2,4-5,8-9H2,1H3,(H,19,23). The Balaban J connectivity index is 1.65. The molecule has 23 heavy (non-hydrogen) atoms. The number of nitrogens with zero attached hydrogens (tertiary/aromatic N) is 3. The molecule has 1 aliphatic carbocycles. The summed E-state index contributed by atoms with van der Waals surface area (Å²) in [4.78, 5) is 14.2. The molecule has 0 aliphatic heterocycles. The van der Waals surface area contributed by atoms with Crippen LogP contribution in [0.2, 0.25) is 0 Å². The topological polar surface area (TPSA) is 58.1 Å². The lowest BCUT2D eigenvalue weighted by molar-refractivity contribution is 0.0921. The predicted octanol–water partition coefficient (Wildman–Crippen LogP) is 3.31. The van der Waals surface area contributed by atoms with Gasteiger partial charge in [0.05, 0.1) is 0 Å². The molecule has 0 atom stereocenters. The van der Waals surface area contributed by atoms with Crippen molar-refractivity contribution in [3.05, 3.63) is 48.2 Å². The van der Waals surface area contributed by atoms with Crippen molar-refractivity contribution in [1.82, 2.24) is 15.5 Å². The largest absolute Gasteiger partial charge is 0.348 e. The van der Waals surface area contributed by atoms with Crippen LogP contribution in [-0.2, 0) is 0 Å². The third-order valence-corrected chi connectivity index (χ3v) is 4.31. The second-order valence-corrected chi connectivity index (χ2v) is 5.98. The minimum absolute atomic E-state index is 0.127. The van der Waals surface area contributed by atoms with Gasteiger partial charge in [-0.15, -0.1) is 10.2 Å². The van der Waals surface area contributed by atoms with Crippen molar-refractivity contribution in [2.45, 2.75) is 38.1 Å². The second-order valence-electron chi connectivity index (χ2n) is 5.98. The molecule has 5 heteroatoms. The first kappa shape index (κ1) is 15.5. The first-order chi connectivity index (χ1) is 11.2. The van der Waals surface area contributed by atoms with E-state index in [-0.39, 0.29) is 11.9 Å². The van der Waals surface area contributed by atoms with Gasteiger partial charge < -0.3 is 10.2 Å². The highest BCUT2D eigenvalue weighted by molar-refractivity contribution is 5.92. The summed E-state index contributed by atoms with van der Waals surface area (Å²) in [6.45, 7) is 0. The van der Waals surface area contributed by atoms with Crippen LogP contribution in [0.25, 0.3) is 0 Å². The minimum atomic E-state index is -0.127. The van der Waals surface area contributed by atoms with Gasteiger partial charge in [0, 0.05) is 18.8 Å². The van der Waals surface area contributed by atoms with Gasteiger partial charge in [0.25, 0.3) is 5.91 Å². The Kier molecular flexibility index (Phi) is 4.86. The molecule has 0 bridgehead atoms. The predicted molar refractivity (Wildman–Crippen MR) is 90.9 cm³/mol. The van der Waals surface area contributed by atoms with E-state index in [1.165, 1.54) is 19.3 Å². The molecular weight excluding hydrogens is 288 g/mol. The minimum Gasteiger partial charge on any atom is -0.348 e. The number of amides is 1. The molecule has 1 heterocycles. The third kappa shape index (κ3) is 3.86. The first-order valence-electron chi connectivity index (χ1n) is 8.17. The summed E-state index contributed by atoms with van der Waals surface area (Å²) < 4.78 is 0. The van der Waals surface area contributed by atoms with Crippen LogP contribution in [0.1, 0.15) is 42.6 Å². The number of hydrogen-bond donors (Lipinski definition) is 1. The fraction of sp³-hybridized carbons (Fsp3) is 0.389. The summed E-state index contributed by atoms with van der Waals surface area (Å²) in [5.41, 5.74) is 1.40. The van der Waals surface area contributed by atoms with Gasteiger partial charge in [-0.1, -0.05) is 37.5 Å². The molecule has 1 amide bonds. The summed E-state index contributed by atoms with van der Waals surface area (Å²) >= 11 is 0. The maximum Gasteiger partial charge on any atom is 0.272 e. The lowest BCUT2D eigenvalue weighted by atomic mass is 9.95. The Morgan fingerprint density at radius 1 is 1.04 bits per heavy atom. The van der Waals surface area contributed by atoms with Crippen molar-refractivity contribution < 1.29 is 4.79 Å². The Hall–Kier alpha value is -2.43. The zero-order valence-corrected chi connectivity index (χ0v) is 13.4. The van der Waals surface area contributed by atoms with Crippen molar-refractivity contribution in [3.63, 3.8) is 0 Å². The van der Waals surface area contributed by atoms with E-state index in [0.717, 1.165) is 18.5 Å². The van der Waals surface area contributed by atoms with E-state index in [9.17, 15) is 4.79 Å². The SMILES string of the molecule is CN(c1ccccc1)c1ccc(C(=O)NC2CCCCC2)nn1. The molecule has 5 nitrogen and oxygen atoms in total. The Morgan fingerprint density at radius 2 is 1.78 bits per heavy atom. The van der Waals surface area contributed by atoms with Crippen molar-refractivity contribution >= 4 is 17.4 Å². The van der Waals surface area contributed by atoms with Gasteiger partial charge in [-0.3, -0.25) is 4.79 Å². The van der Waals surface area contributed by atoms with Crippen LogP contribution < -0.4 is 10.2 Å². The van der Waals surface area contributed by atoms with Crippen LogP contribution >= 0.6 is 0 Å². The van der Waals surface area contributed by atoms with Crippen LogP contribution in [0.3, 0.4) is 0 Å². The van der Waals surface area contributed by atoms with Crippen molar-refractivity contribution in [2.24, 2.45) is 0 Å². The average molecular weight is 310 g/mol. The normalized spacial score (nSPS) is 15.2. The number of hydrogen-bond acceptors (Lipinski definition) is 4. The number of aromatic nitrogens is 2. The number of nitrogens with one attached hydrogen (secondary N) is 1. The van der Waals surface area contributed by atoms with E-state index in [1.54, 1.807) is 6.07 Å². The maximum absolute atomic E-state index is 12.2. The molecule has 1 aromatic carbocycles. The van der Waals surface area contributed by atoms with Gasteiger partial charge in [0.1, 0.15) is 0 Å². The Labute approximate surface area is 136 Å².